The van der Waals surface area contributed by atoms with Gasteiger partial charge in [-0.05, 0) is 46.8 Å². The number of pyridine rings is 1. The predicted octanol–water partition coefficient (Wildman–Crippen LogP) is 2.57. The Morgan fingerprint density at radius 2 is 1.63 bits per heavy atom. The number of nitrogens with zero attached hydrogens (tertiary/aromatic N) is 4. The van der Waals surface area contributed by atoms with Crippen molar-refractivity contribution in [2.45, 2.75) is 52.7 Å². The molecule has 1 atom stereocenters. The van der Waals surface area contributed by atoms with Crippen molar-refractivity contribution in [1.82, 2.24) is 14.4 Å². The summed E-state index contributed by atoms with van der Waals surface area (Å²) in [5, 5.41) is 9.33. The minimum Gasteiger partial charge on any atom is -0.465 e. The van der Waals surface area contributed by atoms with Crippen LogP contribution in [0.5, 0.6) is 0 Å². The Labute approximate surface area is 236 Å². The molecule has 1 saturated heterocycles. The lowest BCUT2D eigenvalue weighted by Crippen LogP contribution is -2.52. The third kappa shape index (κ3) is 7.19. The molecule has 1 unspecified atom stereocenters. The highest BCUT2D eigenvalue weighted by Crippen LogP contribution is 2.26. The Balaban J connectivity index is 1.99. The Morgan fingerprint density at radius 3 is 2.20 bits per heavy atom. The lowest BCUT2D eigenvalue weighted by molar-refractivity contribution is -0.143. The van der Waals surface area contributed by atoms with Crippen LogP contribution in [-0.4, -0.2) is 83.3 Å². The van der Waals surface area contributed by atoms with Crippen LogP contribution in [0, 0.1) is 17.1 Å². The second-order valence-corrected chi connectivity index (χ2v) is 10.3. The zero-order valence-corrected chi connectivity index (χ0v) is 23.7. The van der Waals surface area contributed by atoms with Crippen molar-refractivity contribution >= 4 is 34.8 Å². The fourth-order valence-corrected chi connectivity index (χ4v) is 4.32. The number of halogens is 1. The first kappa shape index (κ1) is 31.1. The molecule has 1 aliphatic rings. The molecule has 13 heteroatoms. The molecule has 1 aliphatic heterocycles. The number of piperazine rings is 1. The molecule has 0 saturated carbocycles. The molecule has 12 nitrogen and oxygen atoms in total. The SMILES string of the molecule is CCOC(=O)c1cn(CC(=O)N2CCN(C(=O)OC(C)(C)C)CC2)c2cc(C(C#N)C(=O)OCC)c(F)cc2c1=O. The van der Waals surface area contributed by atoms with Crippen LogP contribution >= 0.6 is 0 Å². The molecule has 220 valence electrons. The molecule has 2 amide bonds. The summed E-state index contributed by atoms with van der Waals surface area (Å²) in [6.45, 7) is 8.84. The molecule has 0 aliphatic carbocycles. The number of carbonyl (C=O) groups excluding carboxylic acids is 4. The molecule has 0 spiro atoms. The van der Waals surface area contributed by atoms with E-state index in [0.29, 0.717) is 0 Å². The van der Waals surface area contributed by atoms with Gasteiger partial charge in [-0.3, -0.25) is 14.4 Å². The molecule has 1 aromatic heterocycles. The van der Waals surface area contributed by atoms with Gasteiger partial charge in [0.1, 0.15) is 23.5 Å². The Bertz CT molecular complexity index is 1450. The average Bonchev–Trinajstić information content (AvgIpc) is 2.90. The van der Waals surface area contributed by atoms with Crippen molar-refractivity contribution in [3.05, 3.63) is 45.5 Å². The van der Waals surface area contributed by atoms with E-state index in [0.717, 1.165) is 18.3 Å². The minimum absolute atomic E-state index is 0.0200. The number of hydrogen-bond acceptors (Lipinski definition) is 9. The Morgan fingerprint density at radius 1 is 1.02 bits per heavy atom. The van der Waals surface area contributed by atoms with E-state index >= 15 is 4.39 Å². The molecule has 2 aromatic rings. The van der Waals surface area contributed by atoms with Crippen molar-refractivity contribution in [3.63, 3.8) is 0 Å². The number of nitriles is 1. The van der Waals surface area contributed by atoms with E-state index in [1.165, 1.54) is 21.3 Å². The van der Waals surface area contributed by atoms with Crippen molar-refractivity contribution in [1.29, 1.82) is 5.26 Å². The monoisotopic (exact) mass is 572 g/mol. The molecule has 0 N–H and O–H groups in total. The van der Waals surface area contributed by atoms with Crippen LogP contribution in [-0.2, 0) is 30.3 Å². The summed E-state index contributed by atoms with van der Waals surface area (Å²) in [5.74, 6) is -4.96. The first-order valence-electron chi connectivity index (χ1n) is 13.2. The first-order valence-corrected chi connectivity index (χ1v) is 13.2. The van der Waals surface area contributed by atoms with E-state index in [1.54, 1.807) is 33.8 Å². The lowest BCUT2D eigenvalue weighted by atomic mass is 9.97. The lowest BCUT2D eigenvalue weighted by Gasteiger charge is -2.35. The molecule has 2 heterocycles. The number of carbonyl (C=O) groups is 4. The van der Waals surface area contributed by atoms with E-state index in [9.17, 15) is 29.2 Å². The Kier molecular flexibility index (Phi) is 9.70. The standard InChI is InChI=1S/C28H33FN4O8/c1-6-39-25(36)19(14-30)17-13-22-18(12-21(17)29)24(35)20(26(37)40-7-2)15-33(22)16-23(34)31-8-10-32(11-9-31)27(38)41-28(3,4)5/h12-13,15,19H,6-11,16H2,1-5H3. The second-order valence-electron chi connectivity index (χ2n) is 10.3. The molecule has 1 aromatic carbocycles. The maximum Gasteiger partial charge on any atom is 0.410 e. The van der Waals surface area contributed by atoms with Crippen LogP contribution in [0.4, 0.5) is 9.18 Å². The number of esters is 2. The highest BCUT2D eigenvalue weighted by atomic mass is 19.1. The molecule has 41 heavy (non-hydrogen) atoms. The van der Waals surface area contributed by atoms with E-state index in [2.05, 4.69) is 0 Å². The summed E-state index contributed by atoms with van der Waals surface area (Å²) in [6, 6.07) is 3.69. The summed E-state index contributed by atoms with van der Waals surface area (Å²) in [4.78, 5) is 66.7. The van der Waals surface area contributed by atoms with Gasteiger partial charge in [-0.25, -0.2) is 14.0 Å². The first-order chi connectivity index (χ1) is 19.3. The van der Waals surface area contributed by atoms with Gasteiger partial charge in [0.2, 0.25) is 11.3 Å². The molecule has 1 fully saturated rings. The predicted molar refractivity (Wildman–Crippen MR) is 143 cm³/mol. The number of amides is 2. The van der Waals surface area contributed by atoms with E-state index in [4.69, 9.17) is 14.2 Å². The van der Waals surface area contributed by atoms with Gasteiger partial charge >= 0.3 is 18.0 Å². The van der Waals surface area contributed by atoms with E-state index in [-0.39, 0.29) is 62.4 Å². The zero-order chi connectivity index (χ0) is 30.5. The van der Waals surface area contributed by atoms with Gasteiger partial charge in [-0.15, -0.1) is 0 Å². The van der Waals surface area contributed by atoms with Gasteiger partial charge in [0.25, 0.3) is 0 Å². The highest BCUT2D eigenvalue weighted by Gasteiger charge is 2.30. The maximum atomic E-state index is 15.2. The number of rotatable bonds is 7. The van der Waals surface area contributed by atoms with Crippen molar-refractivity contribution in [3.8, 4) is 6.07 Å². The summed E-state index contributed by atoms with van der Waals surface area (Å²) in [5.41, 5.74) is -2.21. The smallest absolute Gasteiger partial charge is 0.410 e. The van der Waals surface area contributed by atoms with Gasteiger partial charge in [0.15, 0.2) is 5.92 Å². The summed E-state index contributed by atoms with van der Waals surface area (Å²) >= 11 is 0. The van der Waals surface area contributed by atoms with Crippen molar-refractivity contribution < 1.29 is 37.8 Å². The quantitative estimate of drug-likeness (QED) is 0.360. The number of hydrogen-bond donors (Lipinski definition) is 0. The molecule has 0 radical (unpaired) electrons. The fourth-order valence-electron chi connectivity index (χ4n) is 4.32. The third-order valence-electron chi connectivity index (χ3n) is 6.25. The van der Waals surface area contributed by atoms with Crippen LogP contribution in [0.3, 0.4) is 0 Å². The van der Waals surface area contributed by atoms with Crippen LogP contribution in [0.1, 0.15) is 56.5 Å². The molecule has 0 bridgehead atoms. The molecular weight excluding hydrogens is 539 g/mol. The summed E-state index contributed by atoms with van der Waals surface area (Å²) in [6.07, 6.45) is 0.656. The highest BCUT2D eigenvalue weighted by molar-refractivity contribution is 5.95. The topological polar surface area (TPSA) is 148 Å². The van der Waals surface area contributed by atoms with Crippen LogP contribution in [0.15, 0.2) is 23.1 Å². The Hall–Kier alpha value is -4.47. The minimum atomic E-state index is -1.62. The van der Waals surface area contributed by atoms with E-state index < -0.39 is 52.3 Å². The number of fused-ring (bicyclic) bond motifs is 1. The van der Waals surface area contributed by atoms with Gasteiger partial charge < -0.3 is 28.6 Å². The zero-order valence-electron chi connectivity index (χ0n) is 23.7. The summed E-state index contributed by atoms with van der Waals surface area (Å²) < 4.78 is 31.7. The van der Waals surface area contributed by atoms with Gasteiger partial charge in [0, 0.05) is 43.3 Å². The number of aromatic nitrogens is 1. The van der Waals surface area contributed by atoms with Gasteiger partial charge in [-0.2, -0.15) is 5.26 Å². The normalized spacial score (nSPS) is 14.3. The van der Waals surface area contributed by atoms with Gasteiger partial charge in [-0.1, -0.05) is 0 Å². The van der Waals surface area contributed by atoms with Crippen LogP contribution in [0.25, 0.3) is 10.9 Å². The number of ether oxygens (including phenoxy) is 3. The molecular formula is C28H33FN4O8. The molecule has 3 rings (SSSR count). The van der Waals surface area contributed by atoms with Gasteiger partial charge in [0.05, 0.1) is 24.8 Å². The summed E-state index contributed by atoms with van der Waals surface area (Å²) in [7, 11) is 0. The number of benzene rings is 1. The fraction of sp³-hybridized carbons (Fsp3) is 0.500. The van der Waals surface area contributed by atoms with Crippen molar-refractivity contribution in [2.24, 2.45) is 0 Å². The average molecular weight is 573 g/mol. The second kappa shape index (κ2) is 12.8. The van der Waals surface area contributed by atoms with Crippen LogP contribution < -0.4 is 5.43 Å². The largest absolute Gasteiger partial charge is 0.465 e. The maximum absolute atomic E-state index is 15.2. The third-order valence-corrected chi connectivity index (χ3v) is 6.25. The van der Waals surface area contributed by atoms with Crippen LogP contribution in [0.2, 0.25) is 0 Å². The van der Waals surface area contributed by atoms with Crippen molar-refractivity contribution in [2.75, 3.05) is 39.4 Å². The van der Waals surface area contributed by atoms with E-state index in [1.807, 2.05) is 0 Å².